The third-order valence-electron chi connectivity index (χ3n) is 3.18. The van der Waals surface area contributed by atoms with Gasteiger partial charge in [-0.05, 0) is 25.7 Å². The van der Waals surface area contributed by atoms with Crippen molar-refractivity contribution >= 4 is 36.6 Å². The van der Waals surface area contributed by atoms with E-state index in [4.69, 9.17) is 12.9 Å². The zero-order valence-electron chi connectivity index (χ0n) is 12.6. The van der Waals surface area contributed by atoms with Crippen molar-refractivity contribution in [2.24, 2.45) is 0 Å². The number of aromatic hydroxyl groups is 1. The van der Waals surface area contributed by atoms with Gasteiger partial charge in [-0.3, -0.25) is 4.79 Å². The van der Waals surface area contributed by atoms with E-state index < -0.39 is 20.1 Å². The molecule has 0 atom stereocenters. The second-order valence-electron chi connectivity index (χ2n) is 5.07. The molecular weight excluding hydrogens is 369 g/mol. The molecule has 8 nitrogen and oxygen atoms in total. The van der Waals surface area contributed by atoms with Crippen molar-refractivity contribution in [2.75, 3.05) is 5.32 Å². The number of benzene rings is 1. The largest absolute Gasteiger partial charge is 0.465 e. The van der Waals surface area contributed by atoms with Crippen LogP contribution in [0.5, 0.6) is 5.75 Å². The number of rotatable bonds is 4. The van der Waals surface area contributed by atoms with E-state index >= 15 is 0 Å². The molecule has 0 unspecified atom stereocenters. The molecular formula is C14H20AsNO7. The molecule has 0 saturated heterocycles. The minimum Gasteiger partial charge on any atom is -0.465 e. The van der Waals surface area contributed by atoms with Crippen LogP contribution in [-0.2, 0) is 18.1 Å². The van der Waals surface area contributed by atoms with Crippen LogP contribution in [-0.4, -0.2) is 46.0 Å². The Kier molecular flexibility index (Phi) is 7.35. The van der Waals surface area contributed by atoms with Gasteiger partial charge in [0, 0.05) is 0 Å². The maximum Gasteiger partial charge on any atom is 0.293 e. The minimum atomic E-state index is -4.98. The molecule has 23 heavy (non-hydrogen) atoms. The van der Waals surface area contributed by atoms with Gasteiger partial charge in [0.05, 0.1) is 0 Å². The standard InChI is InChI=1S/C8H10AsNO5.C6H10O2/c1-5(11)10-7-4-6(9(13,14)15)2-3-8(7)12;7-5-8-6-3-1-2-4-6/h2-4,12H,1H3,(H,10,11)(H2,13,14,15);5-6H,1-4H2. The van der Waals surface area contributed by atoms with Crippen LogP contribution in [0, 0.1) is 0 Å². The van der Waals surface area contributed by atoms with Gasteiger partial charge in [0.2, 0.25) is 0 Å². The summed E-state index contributed by atoms with van der Waals surface area (Å²) >= 11 is -4.98. The van der Waals surface area contributed by atoms with E-state index in [0.29, 0.717) is 6.47 Å². The zero-order chi connectivity index (χ0) is 17.5. The Balaban J connectivity index is 0.000000277. The van der Waals surface area contributed by atoms with Crippen LogP contribution < -0.4 is 9.67 Å². The van der Waals surface area contributed by atoms with Gasteiger partial charge < -0.3 is 4.74 Å². The molecule has 9 heteroatoms. The fourth-order valence-electron chi connectivity index (χ4n) is 2.10. The summed E-state index contributed by atoms with van der Waals surface area (Å²) < 4.78 is 33.3. The molecule has 1 fully saturated rings. The van der Waals surface area contributed by atoms with Crippen molar-refractivity contribution in [3.8, 4) is 5.75 Å². The first kappa shape index (κ1) is 19.3. The third-order valence-corrected chi connectivity index (χ3v) is 5.17. The maximum atomic E-state index is 10.9. The summed E-state index contributed by atoms with van der Waals surface area (Å²) in [6.45, 7) is 1.78. The van der Waals surface area contributed by atoms with E-state index in [-0.39, 0.29) is 21.9 Å². The Labute approximate surface area is 136 Å². The molecule has 128 valence electrons. The van der Waals surface area contributed by atoms with Gasteiger partial charge in [0.15, 0.2) is 0 Å². The van der Waals surface area contributed by atoms with Gasteiger partial charge in [-0.15, -0.1) is 0 Å². The predicted molar refractivity (Wildman–Crippen MR) is 82.3 cm³/mol. The Hall–Kier alpha value is -1.76. The topological polar surface area (TPSA) is 133 Å². The summed E-state index contributed by atoms with van der Waals surface area (Å²) in [4.78, 5) is 20.5. The first-order valence-corrected chi connectivity index (χ1v) is 10.4. The molecule has 0 spiro atoms. The number of nitrogens with one attached hydrogen (secondary N) is 1. The van der Waals surface area contributed by atoms with E-state index in [1.54, 1.807) is 0 Å². The maximum absolute atomic E-state index is 10.9. The Morgan fingerprint density at radius 1 is 1.35 bits per heavy atom. The van der Waals surface area contributed by atoms with E-state index in [9.17, 15) is 18.4 Å². The normalized spacial score (nSPS) is 14.6. The average Bonchev–Trinajstić information content (AvgIpc) is 2.94. The van der Waals surface area contributed by atoms with E-state index in [2.05, 4.69) is 5.32 Å². The summed E-state index contributed by atoms with van der Waals surface area (Å²) in [7, 11) is 0. The molecule has 1 saturated carbocycles. The molecule has 0 aromatic heterocycles. The number of amides is 1. The quantitative estimate of drug-likeness (QED) is 0.324. The third kappa shape index (κ3) is 6.90. The number of hydrogen-bond donors (Lipinski definition) is 4. The Bertz CT molecular complexity index is 593. The van der Waals surface area contributed by atoms with Crippen molar-refractivity contribution in [2.45, 2.75) is 38.7 Å². The minimum absolute atomic E-state index is 0.00951. The van der Waals surface area contributed by atoms with Crippen molar-refractivity contribution in [3.63, 3.8) is 0 Å². The first-order chi connectivity index (χ1) is 10.7. The van der Waals surface area contributed by atoms with Crippen molar-refractivity contribution in [3.05, 3.63) is 18.2 Å². The van der Waals surface area contributed by atoms with Crippen LogP contribution in [0.25, 0.3) is 0 Å². The van der Waals surface area contributed by atoms with Crippen molar-refractivity contribution in [1.29, 1.82) is 0 Å². The summed E-state index contributed by atoms with van der Waals surface area (Å²) in [6.07, 6.45) is 4.82. The van der Waals surface area contributed by atoms with E-state index in [1.165, 1.54) is 19.8 Å². The average molecular weight is 389 g/mol. The molecule has 1 aromatic rings. The van der Waals surface area contributed by atoms with Crippen LogP contribution >= 0.6 is 0 Å². The molecule has 1 aromatic carbocycles. The van der Waals surface area contributed by atoms with Gasteiger partial charge in [-0.25, -0.2) is 0 Å². The molecule has 0 bridgehead atoms. The van der Waals surface area contributed by atoms with Gasteiger partial charge in [-0.1, -0.05) is 0 Å². The molecule has 0 aliphatic heterocycles. The van der Waals surface area contributed by atoms with Gasteiger partial charge in [0.25, 0.3) is 6.47 Å². The van der Waals surface area contributed by atoms with Crippen LogP contribution in [0.2, 0.25) is 0 Å². The fourth-order valence-corrected chi connectivity index (χ4v) is 3.29. The summed E-state index contributed by atoms with van der Waals surface area (Å²) in [5.41, 5.74) is -0.00951. The van der Waals surface area contributed by atoms with Gasteiger partial charge in [0.1, 0.15) is 6.10 Å². The number of phenols is 1. The summed E-state index contributed by atoms with van der Waals surface area (Å²) in [5.74, 6) is -0.668. The molecule has 1 aliphatic rings. The van der Waals surface area contributed by atoms with Crippen LogP contribution in [0.15, 0.2) is 18.2 Å². The van der Waals surface area contributed by atoms with Crippen LogP contribution in [0.4, 0.5) is 5.69 Å². The number of carbonyl (C=O) groups excluding carboxylic acids is 2. The second-order valence-corrected chi connectivity index (χ2v) is 8.43. The van der Waals surface area contributed by atoms with Gasteiger partial charge >= 0.3 is 88.1 Å². The summed E-state index contributed by atoms with van der Waals surface area (Å²) in [5, 5.41) is 11.6. The summed E-state index contributed by atoms with van der Waals surface area (Å²) in [6, 6.07) is 3.32. The number of ether oxygens (including phenoxy) is 1. The van der Waals surface area contributed by atoms with Gasteiger partial charge in [-0.2, -0.15) is 0 Å². The molecule has 1 amide bonds. The molecule has 0 radical (unpaired) electrons. The van der Waals surface area contributed by atoms with Crippen molar-refractivity contribution in [1.82, 2.24) is 0 Å². The Morgan fingerprint density at radius 2 is 1.96 bits per heavy atom. The number of carbonyl (C=O) groups is 2. The smallest absolute Gasteiger partial charge is 0.293 e. The SMILES string of the molecule is CC(=O)Nc1cc([As](=O)(O)O)ccc1O.O=COC1CCCC1. The number of anilines is 1. The Morgan fingerprint density at radius 3 is 2.43 bits per heavy atom. The number of hydrogen-bond acceptors (Lipinski definition) is 5. The zero-order valence-corrected chi connectivity index (χ0v) is 14.5. The monoisotopic (exact) mass is 389 g/mol. The molecule has 2 rings (SSSR count). The van der Waals surface area contributed by atoms with Crippen LogP contribution in [0.3, 0.4) is 0 Å². The van der Waals surface area contributed by atoms with Crippen LogP contribution in [0.1, 0.15) is 32.6 Å². The number of phenolic OH excluding ortho intramolecular Hbond substituents is 1. The molecule has 4 N–H and O–H groups in total. The molecule has 0 heterocycles. The fraction of sp³-hybridized carbons (Fsp3) is 0.429. The first-order valence-electron chi connectivity index (χ1n) is 7.00. The van der Waals surface area contributed by atoms with E-state index in [0.717, 1.165) is 31.0 Å². The predicted octanol–water partition coefficient (Wildman–Crippen LogP) is 0.0136. The molecule has 1 aliphatic carbocycles. The van der Waals surface area contributed by atoms with E-state index in [1.807, 2.05) is 0 Å². The van der Waals surface area contributed by atoms with Crippen molar-refractivity contribution < 1.29 is 31.4 Å². The second kappa shape index (κ2) is 8.76.